The number of thioether (sulfide) groups is 1. The molecule has 0 aromatic carbocycles. The van der Waals surface area contributed by atoms with Crippen LogP contribution in [0, 0.1) is 0 Å². The second-order valence-electron chi connectivity index (χ2n) is 5.57. The van der Waals surface area contributed by atoms with E-state index in [4.69, 9.17) is 5.73 Å². The van der Waals surface area contributed by atoms with Crippen molar-refractivity contribution in [3.63, 3.8) is 0 Å². The summed E-state index contributed by atoms with van der Waals surface area (Å²) in [5.74, 6) is 0.924. The molecule has 22 heavy (non-hydrogen) atoms. The number of carbonyl (C=O) groups excluding carboxylic acids is 1. The lowest BCUT2D eigenvalue weighted by molar-refractivity contribution is 0.0949. The number of nitrogens with one attached hydrogen (secondary N) is 1. The fourth-order valence-corrected chi connectivity index (χ4v) is 3.81. The normalized spacial score (nSPS) is 16.2. The highest BCUT2D eigenvalue weighted by atomic mass is 32.2. The molecule has 0 bridgehead atoms. The van der Waals surface area contributed by atoms with Crippen LogP contribution in [-0.4, -0.2) is 29.4 Å². The van der Waals surface area contributed by atoms with Crippen LogP contribution in [0.3, 0.4) is 0 Å². The quantitative estimate of drug-likeness (QED) is 0.711. The molecule has 0 aliphatic heterocycles. The number of thiazole rings is 1. The Morgan fingerprint density at radius 3 is 3.14 bits per heavy atom. The van der Waals surface area contributed by atoms with Crippen LogP contribution in [0.2, 0.25) is 0 Å². The summed E-state index contributed by atoms with van der Waals surface area (Å²) >= 11 is 3.25. The number of aromatic nitrogens is 1. The fourth-order valence-electron chi connectivity index (χ4n) is 2.49. The summed E-state index contributed by atoms with van der Waals surface area (Å²) in [6.45, 7) is 0.691. The van der Waals surface area contributed by atoms with Crippen LogP contribution >= 0.6 is 23.1 Å². The summed E-state index contributed by atoms with van der Waals surface area (Å²) < 4.78 is 0. The van der Waals surface area contributed by atoms with E-state index < -0.39 is 0 Å². The first-order valence-electron chi connectivity index (χ1n) is 7.86. The summed E-state index contributed by atoms with van der Waals surface area (Å²) in [7, 11) is 0. The lowest BCUT2D eigenvalue weighted by Gasteiger charge is -2.12. The van der Waals surface area contributed by atoms with Crippen molar-refractivity contribution in [3.05, 3.63) is 27.7 Å². The molecule has 1 aliphatic rings. The van der Waals surface area contributed by atoms with Gasteiger partial charge in [-0.15, -0.1) is 11.3 Å². The largest absolute Gasteiger partial charge is 0.350 e. The molecule has 0 saturated carbocycles. The molecule has 1 aromatic heterocycles. The van der Waals surface area contributed by atoms with E-state index in [0.29, 0.717) is 12.2 Å². The van der Waals surface area contributed by atoms with Crippen molar-refractivity contribution in [1.82, 2.24) is 10.3 Å². The topological polar surface area (TPSA) is 68.0 Å². The molecule has 1 aromatic rings. The Hall–Kier alpha value is -0.850. The molecular formula is C16H25N3OS2. The van der Waals surface area contributed by atoms with Gasteiger partial charge in [-0.2, -0.15) is 11.8 Å². The van der Waals surface area contributed by atoms with Crippen LogP contribution in [0.4, 0.5) is 0 Å². The maximum absolute atomic E-state index is 12.1. The van der Waals surface area contributed by atoms with E-state index in [2.05, 4.69) is 22.6 Å². The number of nitrogens with two attached hydrogens (primary N) is 1. The Bertz CT molecular complexity index is 513. The maximum atomic E-state index is 12.1. The average molecular weight is 340 g/mol. The number of allylic oxidation sites excluding steroid dienone is 1. The molecule has 1 atom stereocenters. The van der Waals surface area contributed by atoms with E-state index in [-0.39, 0.29) is 11.9 Å². The Morgan fingerprint density at radius 2 is 2.41 bits per heavy atom. The summed E-state index contributed by atoms with van der Waals surface area (Å²) in [5.41, 5.74) is 8.06. The maximum Gasteiger partial charge on any atom is 0.270 e. The van der Waals surface area contributed by atoms with Crippen molar-refractivity contribution in [2.75, 3.05) is 18.6 Å². The second-order valence-corrected chi connectivity index (χ2v) is 7.45. The predicted octanol–water partition coefficient (Wildman–Crippen LogP) is 3.52. The summed E-state index contributed by atoms with van der Waals surface area (Å²) in [6, 6.07) is -0.0635. The van der Waals surface area contributed by atoms with Gasteiger partial charge in [-0.3, -0.25) is 4.79 Å². The van der Waals surface area contributed by atoms with Gasteiger partial charge in [-0.05, 0) is 50.5 Å². The van der Waals surface area contributed by atoms with Gasteiger partial charge in [-0.1, -0.05) is 11.6 Å². The molecule has 122 valence electrons. The van der Waals surface area contributed by atoms with E-state index in [1.54, 1.807) is 11.8 Å². The van der Waals surface area contributed by atoms with Crippen LogP contribution in [-0.2, 0) is 0 Å². The lowest BCUT2D eigenvalue weighted by Crippen LogP contribution is -2.25. The minimum Gasteiger partial charge on any atom is -0.350 e. The molecule has 2 rings (SSSR count). The van der Waals surface area contributed by atoms with Gasteiger partial charge in [-0.25, -0.2) is 4.98 Å². The zero-order valence-corrected chi connectivity index (χ0v) is 14.8. The van der Waals surface area contributed by atoms with Gasteiger partial charge >= 0.3 is 0 Å². The smallest absolute Gasteiger partial charge is 0.270 e. The second kappa shape index (κ2) is 9.33. The third-order valence-corrected chi connectivity index (χ3v) is 5.44. The molecule has 1 aliphatic carbocycles. The van der Waals surface area contributed by atoms with E-state index in [0.717, 1.165) is 23.6 Å². The Balaban J connectivity index is 1.77. The van der Waals surface area contributed by atoms with Crippen molar-refractivity contribution in [1.29, 1.82) is 0 Å². The van der Waals surface area contributed by atoms with Gasteiger partial charge < -0.3 is 11.1 Å². The minimum absolute atomic E-state index is 0.0635. The molecular weight excluding hydrogens is 314 g/mol. The lowest BCUT2D eigenvalue weighted by atomic mass is 9.97. The highest BCUT2D eigenvalue weighted by Gasteiger charge is 2.15. The first-order chi connectivity index (χ1) is 10.7. The molecule has 0 fully saturated rings. The first kappa shape index (κ1) is 17.5. The molecule has 0 spiro atoms. The highest BCUT2D eigenvalue weighted by molar-refractivity contribution is 7.98. The number of hydrogen-bond donors (Lipinski definition) is 2. The number of amides is 1. The van der Waals surface area contributed by atoms with Crippen LogP contribution in [0.25, 0.3) is 0 Å². The van der Waals surface area contributed by atoms with Crippen LogP contribution < -0.4 is 11.1 Å². The van der Waals surface area contributed by atoms with Gasteiger partial charge in [0.15, 0.2) is 0 Å². The van der Waals surface area contributed by atoms with Gasteiger partial charge in [0.05, 0.1) is 6.04 Å². The monoisotopic (exact) mass is 339 g/mol. The Labute approximate surface area is 141 Å². The van der Waals surface area contributed by atoms with E-state index in [1.807, 2.05) is 5.38 Å². The standard InChI is InChI=1S/C16H25N3OS2/c1-21-10-8-13(17)16-19-14(11-22-16)15(20)18-9-7-12-5-3-2-4-6-12/h5,11,13H,2-4,6-10,17H2,1H3,(H,18,20). The van der Waals surface area contributed by atoms with Crippen molar-refractivity contribution in [2.45, 2.75) is 44.6 Å². The van der Waals surface area contributed by atoms with Crippen LogP contribution in [0.5, 0.6) is 0 Å². The minimum atomic E-state index is -0.0871. The molecule has 1 heterocycles. The van der Waals surface area contributed by atoms with E-state index in [1.165, 1.54) is 42.6 Å². The Kier molecular flexibility index (Phi) is 7.42. The molecule has 0 radical (unpaired) electrons. The van der Waals surface area contributed by atoms with Crippen molar-refractivity contribution in [3.8, 4) is 0 Å². The number of hydrogen-bond acceptors (Lipinski definition) is 5. The zero-order valence-electron chi connectivity index (χ0n) is 13.1. The van der Waals surface area contributed by atoms with Gasteiger partial charge in [0.25, 0.3) is 5.91 Å². The first-order valence-corrected chi connectivity index (χ1v) is 10.1. The summed E-state index contributed by atoms with van der Waals surface area (Å²) in [4.78, 5) is 16.5. The third-order valence-electron chi connectivity index (χ3n) is 3.82. The SMILES string of the molecule is CSCCC(N)c1nc(C(=O)NCCC2=CCCCC2)cs1. The zero-order chi connectivity index (χ0) is 15.8. The Morgan fingerprint density at radius 1 is 1.55 bits per heavy atom. The molecule has 0 saturated heterocycles. The highest BCUT2D eigenvalue weighted by Crippen LogP contribution is 2.21. The molecule has 4 nitrogen and oxygen atoms in total. The van der Waals surface area contributed by atoms with Crippen LogP contribution in [0.1, 0.15) is 60.1 Å². The van der Waals surface area contributed by atoms with Gasteiger partial charge in [0.2, 0.25) is 0 Å². The van der Waals surface area contributed by atoms with Crippen molar-refractivity contribution >= 4 is 29.0 Å². The summed E-state index contributed by atoms with van der Waals surface area (Å²) in [5, 5.41) is 5.63. The van der Waals surface area contributed by atoms with E-state index >= 15 is 0 Å². The third kappa shape index (κ3) is 5.41. The van der Waals surface area contributed by atoms with Crippen molar-refractivity contribution in [2.24, 2.45) is 5.73 Å². The van der Waals surface area contributed by atoms with Gasteiger partial charge in [0, 0.05) is 11.9 Å². The molecule has 3 N–H and O–H groups in total. The predicted molar refractivity (Wildman–Crippen MR) is 95.5 cm³/mol. The molecule has 1 unspecified atom stereocenters. The van der Waals surface area contributed by atoms with Crippen LogP contribution in [0.15, 0.2) is 17.0 Å². The number of nitrogens with zero attached hydrogens (tertiary/aromatic N) is 1. The van der Waals surface area contributed by atoms with Crippen molar-refractivity contribution < 1.29 is 4.79 Å². The average Bonchev–Trinajstić information content (AvgIpc) is 3.03. The fraction of sp³-hybridized carbons (Fsp3) is 0.625. The van der Waals surface area contributed by atoms with Gasteiger partial charge in [0.1, 0.15) is 10.7 Å². The molecule has 1 amide bonds. The molecule has 6 heteroatoms. The number of carbonyl (C=O) groups is 1. The number of rotatable bonds is 8. The summed E-state index contributed by atoms with van der Waals surface area (Å²) in [6.07, 6.45) is 11.2. The van der Waals surface area contributed by atoms with E-state index in [9.17, 15) is 4.79 Å².